The van der Waals surface area contributed by atoms with E-state index in [1.807, 2.05) is 16.8 Å². The van der Waals surface area contributed by atoms with E-state index in [0.29, 0.717) is 6.54 Å². The number of benzene rings is 1. The van der Waals surface area contributed by atoms with Crippen LogP contribution < -0.4 is 4.90 Å². The van der Waals surface area contributed by atoms with Crippen molar-refractivity contribution in [1.82, 2.24) is 25.0 Å². The number of aromatic nitrogens is 5. The summed E-state index contributed by atoms with van der Waals surface area (Å²) in [5, 5.41) is 11.4. The van der Waals surface area contributed by atoms with Crippen LogP contribution >= 0.6 is 12.2 Å². The Morgan fingerprint density at radius 3 is 2.76 bits per heavy atom. The van der Waals surface area contributed by atoms with Gasteiger partial charge in [0.25, 0.3) is 0 Å². The first-order valence-corrected chi connectivity index (χ1v) is 10.3. The molecule has 1 aromatic carbocycles. The first-order valence-electron chi connectivity index (χ1n) is 9.85. The van der Waals surface area contributed by atoms with Gasteiger partial charge in [-0.1, -0.05) is 50.3 Å². The van der Waals surface area contributed by atoms with Crippen LogP contribution in [-0.2, 0) is 12.0 Å². The standard InChI is InChI=1S/C21H25N7S/c1-14-7-5-6-8-15(14)11-28-19-17(25-26-28)18(23-20(24-19)21(2,3)4)27-10-9-16(12-27)22-13-29/h5-8,16H,9-12H2,1-4H3. The minimum atomic E-state index is -0.188. The van der Waals surface area contributed by atoms with E-state index >= 15 is 0 Å². The summed E-state index contributed by atoms with van der Waals surface area (Å²) in [6.45, 7) is 10.7. The predicted octanol–water partition coefficient (Wildman–Crippen LogP) is 3.56. The average Bonchev–Trinajstić information content (AvgIpc) is 3.30. The molecule has 150 valence electrons. The molecule has 0 amide bonds. The van der Waals surface area contributed by atoms with Gasteiger partial charge in [0.05, 0.1) is 17.7 Å². The van der Waals surface area contributed by atoms with E-state index in [0.717, 1.165) is 42.3 Å². The molecule has 1 fully saturated rings. The molecule has 1 saturated heterocycles. The van der Waals surface area contributed by atoms with Crippen molar-refractivity contribution in [3.05, 3.63) is 41.2 Å². The number of thiocarbonyl (C=S) groups is 1. The molecule has 1 atom stereocenters. The number of aryl methyl sites for hydroxylation is 1. The summed E-state index contributed by atoms with van der Waals surface area (Å²) in [5.41, 5.74) is 3.74. The van der Waals surface area contributed by atoms with Gasteiger partial charge in [0.15, 0.2) is 17.0 Å². The second kappa shape index (κ2) is 7.61. The van der Waals surface area contributed by atoms with E-state index in [4.69, 9.17) is 22.2 Å². The van der Waals surface area contributed by atoms with Gasteiger partial charge >= 0.3 is 0 Å². The second-order valence-electron chi connectivity index (χ2n) is 8.58. The number of anilines is 1. The zero-order valence-electron chi connectivity index (χ0n) is 17.3. The SMILES string of the molecule is Cc1ccccc1Cn1nnc2c(N3CCC(N=C=S)C3)nc(C(C)(C)C)nc21. The number of aliphatic imine (C=N–C) groups is 1. The summed E-state index contributed by atoms with van der Waals surface area (Å²) >= 11 is 4.78. The fourth-order valence-corrected chi connectivity index (χ4v) is 3.72. The Bertz CT molecular complexity index is 1090. The Hall–Kier alpha value is -2.70. The van der Waals surface area contributed by atoms with Crippen molar-refractivity contribution in [1.29, 1.82) is 0 Å². The maximum absolute atomic E-state index is 4.90. The normalized spacial score (nSPS) is 17.0. The molecule has 4 rings (SSSR count). The topological polar surface area (TPSA) is 72.1 Å². The van der Waals surface area contributed by atoms with Crippen LogP contribution in [0.25, 0.3) is 11.2 Å². The summed E-state index contributed by atoms with van der Waals surface area (Å²) in [7, 11) is 0. The number of isothiocyanates is 1. The summed E-state index contributed by atoms with van der Waals surface area (Å²) < 4.78 is 1.88. The molecule has 0 radical (unpaired) electrons. The molecular weight excluding hydrogens is 382 g/mol. The van der Waals surface area contributed by atoms with Crippen LogP contribution in [0.3, 0.4) is 0 Å². The molecule has 0 bridgehead atoms. The van der Waals surface area contributed by atoms with Gasteiger partial charge in [-0.05, 0) is 36.7 Å². The zero-order chi connectivity index (χ0) is 20.6. The first-order chi connectivity index (χ1) is 13.9. The van der Waals surface area contributed by atoms with Crippen molar-refractivity contribution in [3.8, 4) is 0 Å². The highest BCUT2D eigenvalue weighted by Crippen LogP contribution is 2.30. The van der Waals surface area contributed by atoms with E-state index in [1.54, 1.807) is 0 Å². The molecule has 29 heavy (non-hydrogen) atoms. The van der Waals surface area contributed by atoms with E-state index in [1.165, 1.54) is 11.1 Å². The summed E-state index contributed by atoms with van der Waals surface area (Å²) in [5.74, 6) is 1.62. The highest BCUT2D eigenvalue weighted by Gasteiger charge is 2.29. The Balaban J connectivity index is 1.80. The van der Waals surface area contributed by atoms with Crippen molar-refractivity contribution in [2.24, 2.45) is 4.99 Å². The molecule has 8 heteroatoms. The van der Waals surface area contributed by atoms with E-state index in [9.17, 15) is 0 Å². The van der Waals surface area contributed by atoms with Crippen LogP contribution in [0, 0.1) is 6.92 Å². The maximum atomic E-state index is 4.90. The van der Waals surface area contributed by atoms with Crippen molar-refractivity contribution < 1.29 is 0 Å². The van der Waals surface area contributed by atoms with Crippen molar-refractivity contribution in [3.63, 3.8) is 0 Å². The van der Waals surface area contributed by atoms with Gasteiger partial charge in [-0.2, -0.15) is 0 Å². The fraction of sp³-hybridized carbons (Fsp3) is 0.476. The van der Waals surface area contributed by atoms with Crippen LogP contribution in [0.2, 0.25) is 0 Å². The molecule has 1 unspecified atom stereocenters. The van der Waals surface area contributed by atoms with Crippen molar-refractivity contribution in [2.75, 3.05) is 18.0 Å². The molecule has 1 aliphatic heterocycles. The lowest BCUT2D eigenvalue weighted by atomic mass is 9.96. The lowest BCUT2D eigenvalue weighted by molar-refractivity contribution is 0.545. The maximum Gasteiger partial charge on any atom is 0.184 e. The molecule has 7 nitrogen and oxygen atoms in total. The Morgan fingerprint density at radius 1 is 1.24 bits per heavy atom. The van der Waals surface area contributed by atoms with Crippen molar-refractivity contribution >= 4 is 34.4 Å². The third-order valence-electron chi connectivity index (χ3n) is 5.29. The molecule has 2 aromatic heterocycles. The van der Waals surface area contributed by atoms with E-state index < -0.39 is 0 Å². The molecule has 3 heterocycles. The summed E-state index contributed by atoms with van der Waals surface area (Å²) in [6.07, 6.45) is 0.928. The lowest BCUT2D eigenvalue weighted by Crippen LogP contribution is -2.25. The number of hydrogen-bond donors (Lipinski definition) is 0. The van der Waals surface area contributed by atoms with Gasteiger partial charge in [-0.25, -0.2) is 19.6 Å². The molecule has 0 N–H and O–H groups in total. The molecule has 0 aliphatic carbocycles. The fourth-order valence-electron chi connectivity index (χ4n) is 3.57. The van der Waals surface area contributed by atoms with Crippen LogP contribution in [0.4, 0.5) is 5.82 Å². The summed E-state index contributed by atoms with van der Waals surface area (Å²) in [4.78, 5) is 16.2. The third kappa shape index (κ3) is 3.91. The van der Waals surface area contributed by atoms with Gasteiger partial charge in [0.2, 0.25) is 0 Å². The molecule has 0 spiro atoms. The van der Waals surface area contributed by atoms with Gasteiger partial charge in [-0.3, -0.25) is 0 Å². The highest BCUT2D eigenvalue weighted by molar-refractivity contribution is 7.78. The van der Waals surface area contributed by atoms with E-state index in [-0.39, 0.29) is 11.5 Å². The predicted molar refractivity (Wildman–Crippen MR) is 118 cm³/mol. The number of hydrogen-bond acceptors (Lipinski definition) is 7. The molecule has 3 aromatic rings. The Labute approximate surface area is 175 Å². The monoisotopic (exact) mass is 407 g/mol. The average molecular weight is 408 g/mol. The number of rotatable bonds is 4. The van der Waals surface area contributed by atoms with Crippen molar-refractivity contribution in [2.45, 2.75) is 52.1 Å². The minimum absolute atomic E-state index is 0.151. The Kier molecular flexibility index (Phi) is 5.15. The quantitative estimate of drug-likeness (QED) is 0.486. The van der Waals surface area contributed by atoms with Crippen LogP contribution in [-0.4, -0.2) is 49.3 Å². The number of nitrogens with zero attached hydrogens (tertiary/aromatic N) is 7. The second-order valence-corrected chi connectivity index (χ2v) is 8.76. The summed E-state index contributed by atoms with van der Waals surface area (Å²) in [6, 6.07) is 8.46. The lowest BCUT2D eigenvalue weighted by Gasteiger charge is -2.22. The zero-order valence-corrected chi connectivity index (χ0v) is 18.1. The smallest absolute Gasteiger partial charge is 0.184 e. The van der Waals surface area contributed by atoms with Crippen LogP contribution in [0.15, 0.2) is 29.3 Å². The van der Waals surface area contributed by atoms with Gasteiger partial charge in [0, 0.05) is 18.5 Å². The largest absolute Gasteiger partial charge is 0.352 e. The number of fused-ring (bicyclic) bond motifs is 1. The van der Waals surface area contributed by atoms with Gasteiger partial charge in [-0.15, -0.1) is 5.10 Å². The highest BCUT2D eigenvalue weighted by atomic mass is 32.1. The van der Waals surface area contributed by atoms with Crippen LogP contribution in [0.1, 0.15) is 44.1 Å². The van der Waals surface area contributed by atoms with Gasteiger partial charge < -0.3 is 4.90 Å². The third-order valence-corrected chi connectivity index (χ3v) is 5.40. The van der Waals surface area contributed by atoms with E-state index in [2.05, 4.69) is 65.2 Å². The molecule has 1 aliphatic rings. The van der Waals surface area contributed by atoms with Crippen LogP contribution in [0.5, 0.6) is 0 Å². The molecule has 0 saturated carbocycles. The first kappa shape index (κ1) is 19.6. The molecular formula is C21H25N7S. The minimum Gasteiger partial charge on any atom is -0.352 e. The Morgan fingerprint density at radius 2 is 2.03 bits per heavy atom. The van der Waals surface area contributed by atoms with Gasteiger partial charge in [0.1, 0.15) is 5.82 Å².